The highest BCUT2D eigenvalue weighted by Gasteiger charge is 2.22. The van der Waals surface area contributed by atoms with Crippen molar-refractivity contribution in [3.8, 4) is 0 Å². The quantitative estimate of drug-likeness (QED) is 0.529. The second kappa shape index (κ2) is 9.52. The molecule has 0 aliphatic rings. The number of aromatic amines is 1. The van der Waals surface area contributed by atoms with Gasteiger partial charge >= 0.3 is 0 Å². The van der Waals surface area contributed by atoms with Crippen molar-refractivity contribution in [1.29, 1.82) is 0 Å². The zero-order valence-corrected chi connectivity index (χ0v) is 19.0. The summed E-state index contributed by atoms with van der Waals surface area (Å²) < 4.78 is 41.2. The fourth-order valence-electron chi connectivity index (χ4n) is 3.39. The van der Waals surface area contributed by atoms with Gasteiger partial charge in [-0.1, -0.05) is 19.8 Å². The van der Waals surface area contributed by atoms with Gasteiger partial charge < -0.3 is 9.88 Å². The number of anilines is 1. The van der Waals surface area contributed by atoms with E-state index in [0.717, 1.165) is 31.4 Å². The maximum absolute atomic E-state index is 13.2. The Morgan fingerprint density at radius 3 is 2.50 bits per heavy atom. The number of rotatable bonds is 8. The van der Waals surface area contributed by atoms with Gasteiger partial charge in [0.2, 0.25) is 5.56 Å². The van der Waals surface area contributed by atoms with E-state index >= 15 is 0 Å². The summed E-state index contributed by atoms with van der Waals surface area (Å²) in [6.45, 7) is 4.01. The van der Waals surface area contributed by atoms with Crippen molar-refractivity contribution in [2.75, 3.05) is 11.8 Å². The lowest BCUT2D eigenvalue weighted by Crippen LogP contribution is -2.35. The van der Waals surface area contributed by atoms with Gasteiger partial charge in [0.1, 0.15) is 5.82 Å². The zero-order valence-electron chi connectivity index (χ0n) is 18.2. The smallest absolute Gasteiger partial charge is 0.261 e. The number of carbonyl (C=O) groups excluding carboxylic acids is 1. The highest BCUT2D eigenvalue weighted by Crippen LogP contribution is 2.24. The number of carbonyl (C=O) groups is 1. The first-order valence-corrected chi connectivity index (χ1v) is 11.8. The van der Waals surface area contributed by atoms with Crippen LogP contribution in [0.3, 0.4) is 0 Å². The number of nitrogens with zero attached hydrogens (tertiary/aromatic N) is 1. The lowest BCUT2D eigenvalue weighted by atomic mass is 10.1. The molecule has 7 nitrogen and oxygen atoms in total. The van der Waals surface area contributed by atoms with E-state index in [0.29, 0.717) is 10.9 Å². The summed E-state index contributed by atoms with van der Waals surface area (Å²) in [4.78, 5) is 29.4. The molecule has 1 amide bonds. The summed E-state index contributed by atoms with van der Waals surface area (Å²) >= 11 is 0. The summed E-state index contributed by atoms with van der Waals surface area (Å²) in [5, 5.41) is 0.325. The van der Waals surface area contributed by atoms with Crippen molar-refractivity contribution in [3.63, 3.8) is 0 Å². The summed E-state index contributed by atoms with van der Waals surface area (Å²) in [5.41, 5.74) is 0.244. The van der Waals surface area contributed by atoms with Crippen LogP contribution in [0.4, 0.5) is 10.1 Å². The molecule has 0 fully saturated rings. The number of amides is 1. The van der Waals surface area contributed by atoms with Crippen molar-refractivity contribution in [2.45, 2.75) is 44.0 Å². The van der Waals surface area contributed by atoms with Gasteiger partial charge in [0, 0.05) is 35.7 Å². The molecule has 0 saturated carbocycles. The number of unbranched alkanes of at least 4 members (excludes halogenated alkanes) is 1. The largest absolute Gasteiger partial charge is 0.339 e. The molecule has 2 N–H and O–H groups in total. The molecule has 170 valence electrons. The highest BCUT2D eigenvalue weighted by atomic mass is 32.2. The van der Waals surface area contributed by atoms with Crippen molar-refractivity contribution < 1.29 is 17.6 Å². The summed E-state index contributed by atoms with van der Waals surface area (Å²) in [5.74, 6) is -0.839. The maximum atomic E-state index is 13.2. The number of aromatic nitrogens is 1. The second-order valence-electron chi connectivity index (χ2n) is 7.77. The van der Waals surface area contributed by atoms with Gasteiger partial charge in [-0.25, -0.2) is 12.8 Å². The highest BCUT2D eigenvalue weighted by molar-refractivity contribution is 7.92. The molecule has 3 rings (SSSR count). The minimum Gasteiger partial charge on any atom is -0.339 e. The van der Waals surface area contributed by atoms with E-state index in [-0.39, 0.29) is 28.1 Å². The molecule has 0 spiro atoms. The van der Waals surface area contributed by atoms with Crippen LogP contribution in [0.5, 0.6) is 0 Å². The van der Waals surface area contributed by atoms with Crippen LogP contribution in [0.1, 0.15) is 43.5 Å². The molecule has 1 unspecified atom stereocenters. The zero-order chi connectivity index (χ0) is 23.5. The molecule has 1 aromatic heterocycles. The van der Waals surface area contributed by atoms with Crippen molar-refractivity contribution in [2.24, 2.45) is 0 Å². The van der Waals surface area contributed by atoms with Gasteiger partial charge in [-0.15, -0.1) is 0 Å². The molecule has 9 heteroatoms. The molecular weight excluding hydrogens is 433 g/mol. The van der Waals surface area contributed by atoms with Crippen molar-refractivity contribution >= 4 is 32.5 Å². The van der Waals surface area contributed by atoms with Crippen LogP contribution < -0.4 is 10.3 Å². The first-order chi connectivity index (χ1) is 15.1. The normalized spacial score (nSPS) is 12.5. The van der Waals surface area contributed by atoms with Gasteiger partial charge in [0.25, 0.3) is 15.9 Å². The second-order valence-corrected chi connectivity index (χ2v) is 9.46. The van der Waals surface area contributed by atoms with E-state index < -0.39 is 21.4 Å². The Morgan fingerprint density at radius 2 is 1.84 bits per heavy atom. The molecule has 0 aliphatic heterocycles. The third kappa shape index (κ3) is 5.16. The summed E-state index contributed by atoms with van der Waals surface area (Å²) in [6.07, 6.45) is 2.79. The number of halogens is 1. The van der Waals surface area contributed by atoms with E-state index in [1.807, 2.05) is 6.92 Å². The van der Waals surface area contributed by atoms with Crippen LogP contribution in [0, 0.1) is 5.82 Å². The van der Waals surface area contributed by atoms with Crippen LogP contribution in [0.25, 0.3) is 10.9 Å². The number of nitrogens with one attached hydrogen (secondary N) is 2. The van der Waals surface area contributed by atoms with E-state index in [1.54, 1.807) is 11.9 Å². The third-order valence-electron chi connectivity index (χ3n) is 5.41. The van der Waals surface area contributed by atoms with Crippen LogP contribution in [-0.2, 0) is 10.0 Å². The first-order valence-electron chi connectivity index (χ1n) is 10.3. The number of pyridine rings is 1. The van der Waals surface area contributed by atoms with E-state index in [4.69, 9.17) is 0 Å². The number of benzene rings is 2. The van der Waals surface area contributed by atoms with Gasteiger partial charge in [0.05, 0.1) is 10.5 Å². The van der Waals surface area contributed by atoms with E-state index in [1.165, 1.54) is 36.4 Å². The minimum absolute atomic E-state index is 0.0381. The van der Waals surface area contributed by atoms with Gasteiger partial charge in [0.15, 0.2) is 0 Å². The summed E-state index contributed by atoms with van der Waals surface area (Å²) in [7, 11) is -2.34. The van der Waals surface area contributed by atoms with Gasteiger partial charge in [-0.05, 0) is 55.8 Å². The monoisotopic (exact) mass is 459 g/mol. The molecule has 32 heavy (non-hydrogen) atoms. The molecule has 1 heterocycles. The molecule has 2 aromatic carbocycles. The van der Waals surface area contributed by atoms with Gasteiger partial charge in [-0.2, -0.15) is 0 Å². The minimum atomic E-state index is -4.01. The van der Waals surface area contributed by atoms with Crippen molar-refractivity contribution in [3.05, 3.63) is 70.3 Å². The Labute approximate surface area is 186 Å². The number of hydrogen-bond acceptors (Lipinski definition) is 4. The summed E-state index contributed by atoms with van der Waals surface area (Å²) in [6, 6.07) is 10.2. The Hall–Kier alpha value is -3.20. The molecule has 0 saturated heterocycles. The molecule has 0 radical (unpaired) electrons. The van der Waals surface area contributed by atoms with E-state index in [2.05, 4.69) is 16.6 Å². The molecule has 3 aromatic rings. The first kappa shape index (κ1) is 23.5. The maximum Gasteiger partial charge on any atom is 0.261 e. The third-order valence-corrected chi connectivity index (χ3v) is 6.79. The molecule has 1 atom stereocenters. The lowest BCUT2D eigenvalue weighted by Gasteiger charge is -2.25. The predicted molar refractivity (Wildman–Crippen MR) is 123 cm³/mol. The average molecular weight is 460 g/mol. The Morgan fingerprint density at radius 1 is 1.16 bits per heavy atom. The van der Waals surface area contributed by atoms with Crippen molar-refractivity contribution in [1.82, 2.24) is 9.88 Å². The SMILES string of the molecule is CCCCC(C)N(C)C(=O)c1cc(=O)[nH]c2ccc(S(=O)(=O)Nc3ccc(F)cc3)cc12. The number of fused-ring (bicyclic) bond motifs is 1. The molecule has 0 bridgehead atoms. The number of hydrogen-bond donors (Lipinski definition) is 2. The fraction of sp³-hybridized carbons (Fsp3) is 0.304. The molecule has 0 aliphatic carbocycles. The van der Waals surface area contributed by atoms with Gasteiger partial charge in [-0.3, -0.25) is 14.3 Å². The Kier molecular flexibility index (Phi) is 6.98. The Balaban J connectivity index is 2.02. The molecular formula is C23H26FN3O4S. The average Bonchev–Trinajstić information content (AvgIpc) is 2.76. The lowest BCUT2D eigenvalue weighted by molar-refractivity contribution is 0.0737. The van der Waals surface area contributed by atoms with Crippen LogP contribution in [0.15, 0.2) is 58.2 Å². The number of H-pyrrole nitrogens is 1. The topological polar surface area (TPSA) is 99.3 Å². The standard InChI is InChI=1S/C23H26FN3O4S/c1-4-5-6-15(2)27(3)23(29)20-14-22(28)25-21-12-11-18(13-19(20)21)32(30,31)26-17-9-7-16(24)8-10-17/h7-15,26H,4-6H2,1-3H3,(H,25,28). The van der Waals surface area contributed by atoms with E-state index in [9.17, 15) is 22.4 Å². The van der Waals surface area contributed by atoms with Crippen LogP contribution in [0.2, 0.25) is 0 Å². The predicted octanol–water partition coefficient (Wildman–Crippen LogP) is 4.12. The Bertz CT molecular complexity index is 1290. The fourth-order valence-corrected chi connectivity index (χ4v) is 4.48. The number of sulfonamides is 1. The van der Waals surface area contributed by atoms with Crippen LogP contribution >= 0.6 is 0 Å². The van der Waals surface area contributed by atoms with Crippen LogP contribution in [-0.4, -0.2) is 37.3 Å².